The second-order valence-corrected chi connectivity index (χ2v) is 8.33. The van der Waals surface area contributed by atoms with E-state index in [4.69, 9.17) is 0 Å². The molecule has 2 aromatic rings. The number of amides is 1. The van der Waals surface area contributed by atoms with E-state index in [1.165, 1.54) is 11.3 Å². The molecule has 1 aliphatic carbocycles. The molecule has 1 aromatic carbocycles. The van der Waals surface area contributed by atoms with Gasteiger partial charge in [0.1, 0.15) is 0 Å². The third kappa shape index (κ3) is 3.67. The summed E-state index contributed by atoms with van der Waals surface area (Å²) < 4.78 is 1.93. The number of nitrogens with zero attached hydrogens (tertiary/aromatic N) is 3. The molecule has 1 saturated heterocycles. The summed E-state index contributed by atoms with van der Waals surface area (Å²) in [6.07, 6.45) is 2.96. The van der Waals surface area contributed by atoms with Crippen LogP contribution in [0.25, 0.3) is 0 Å². The molecule has 2 heterocycles. The van der Waals surface area contributed by atoms with Gasteiger partial charge in [-0.3, -0.25) is 9.48 Å². The maximum atomic E-state index is 13.0. The molecule has 0 bridgehead atoms. The van der Waals surface area contributed by atoms with Crippen molar-refractivity contribution < 1.29 is 4.79 Å². The van der Waals surface area contributed by atoms with Crippen LogP contribution in [0.4, 0.5) is 0 Å². The zero-order valence-electron chi connectivity index (χ0n) is 15.3. The quantitative estimate of drug-likeness (QED) is 0.897. The SMILES string of the molecule is Cn1nc(C(=O)N2CCSCC2)c2c1CCC(NCc1ccccc1)C2. The average molecular weight is 371 g/mol. The van der Waals surface area contributed by atoms with E-state index in [9.17, 15) is 4.79 Å². The van der Waals surface area contributed by atoms with Gasteiger partial charge in [0.15, 0.2) is 5.69 Å². The van der Waals surface area contributed by atoms with Crippen molar-refractivity contribution in [2.24, 2.45) is 7.05 Å². The van der Waals surface area contributed by atoms with E-state index in [0.29, 0.717) is 11.7 Å². The number of fused-ring (bicyclic) bond motifs is 1. The van der Waals surface area contributed by atoms with Gasteiger partial charge in [-0.1, -0.05) is 30.3 Å². The van der Waals surface area contributed by atoms with Gasteiger partial charge in [0.25, 0.3) is 5.91 Å². The monoisotopic (exact) mass is 370 g/mol. The molecule has 1 aliphatic heterocycles. The van der Waals surface area contributed by atoms with Gasteiger partial charge in [-0.05, 0) is 24.8 Å². The molecule has 1 amide bonds. The number of aromatic nitrogens is 2. The fourth-order valence-corrected chi connectivity index (χ4v) is 4.81. The Labute approximate surface area is 159 Å². The summed E-state index contributed by atoms with van der Waals surface area (Å²) in [5, 5.41) is 8.28. The van der Waals surface area contributed by atoms with Gasteiger partial charge in [0.05, 0.1) is 0 Å². The van der Waals surface area contributed by atoms with Gasteiger partial charge in [-0.25, -0.2) is 0 Å². The topological polar surface area (TPSA) is 50.2 Å². The van der Waals surface area contributed by atoms with Crippen LogP contribution in [0.3, 0.4) is 0 Å². The van der Waals surface area contributed by atoms with Gasteiger partial charge in [-0.2, -0.15) is 16.9 Å². The molecule has 6 heteroatoms. The molecule has 0 saturated carbocycles. The van der Waals surface area contributed by atoms with Crippen LogP contribution in [0.5, 0.6) is 0 Å². The smallest absolute Gasteiger partial charge is 0.274 e. The van der Waals surface area contributed by atoms with Crippen LogP contribution in [0.15, 0.2) is 30.3 Å². The summed E-state index contributed by atoms with van der Waals surface area (Å²) in [5.74, 6) is 2.18. The van der Waals surface area contributed by atoms with Crippen LogP contribution in [0, 0.1) is 0 Å². The van der Waals surface area contributed by atoms with Gasteiger partial charge < -0.3 is 10.2 Å². The zero-order chi connectivity index (χ0) is 17.9. The molecule has 1 unspecified atom stereocenters. The molecule has 1 aromatic heterocycles. The molecule has 138 valence electrons. The largest absolute Gasteiger partial charge is 0.336 e. The number of carbonyl (C=O) groups is 1. The van der Waals surface area contributed by atoms with Crippen LogP contribution < -0.4 is 5.32 Å². The first kappa shape index (κ1) is 17.6. The highest BCUT2D eigenvalue weighted by Crippen LogP contribution is 2.26. The Morgan fingerprint density at radius 1 is 1.27 bits per heavy atom. The van der Waals surface area contributed by atoms with Crippen LogP contribution in [-0.4, -0.2) is 51.2 Å². The molecule has 2 aliphatic rings. The molecule has 1 fully saturated rings. The summed E-state index contributed by atoms with van der Waals surface area (Å²) in [7, 11) is 1.97. The lowest BCUT2D eigenvalue weighted by Crippen LogP contribution is -2.39. The Morgan fingerprint density at radius 2 is 2.04 bits per heavy atom. The van der Waals surface area contributed by atoms with E-state index >= 15 is 0 Å². The lowest BCUT2D eigenvalue weighted by atomic mass is 9.91. The van der Waals surface area contributed by atoms with Crippen molar-refractivity contribution in [2.45, 2.75) is 31.8 Å². The van der Waals surface area contributed by atoms with E-state index in [-0.39, 0.29) is 5.91 Å². The average Bonchev–Trinajstić information content (AvgIpc) is 3.03. The summed E-state index contributed by atoms with van der Waals surface area (Å²) in [6, 6.07) is 10.9. The Bertz CT molecular complexity index is 768. The lowest BCUT2D eigenvalue weighted by Gasteiger charge is -2.27. The molecular weight excluding hydrogens is 344 g/mol. The number of hydrogen-bond donors (Lipinski definition) is 1. The minimum absolute atomic E-state index is 0.117. The minimum Gasteiger partial charge on any atom is -0.336 e. The van der Waals surface area contributed by atoms with Crippen molar-refractivity contribution in [1.82, 2.24) is 20.0 Å². The number of hydrogen-bond acceptors (Lipinski definition) is 4. The molecule has 5 nitrogen and oxygen atoms in total. The molecule has 1 atom stereocenters. The molecule has 1 N–H and O–H groups in total. The predicted molar refractivity (Wildman–Crippen MR) is 106 cm³/mol. The third-order valence-corrected chi connectivity index (χ3v) is 6.34. The van der Waals surface area contributed by atoms with E-state index < -0.39 is 0 Å². The van der Waals surface area contributed by atoms with E-state index in [2.05, 4.69) is 34.7 Å². The van der Waals surface area contributed by atoms with Crippen LogP contribution in [0.1, 0.15) is 33.7 Å². The standard InChI is InChI=1S/C20H26N4OS/c1-23-18-8-7-16(21-14-15-5-3-2-4-6-15)13-17(18)19(22-23)20(25)24-9-11-26-12-10-24/h2-6,16,21H,7-14H2,1H3. The van der Waals surface area contributed by atoms with Crippen LogP contribution in [-0.2, 0) is 26.4 Å². The Hall–Kier alpha value is -1.79. The predicted octanol–water partition coefficient (Wildman–Crippen LogP) is 2.26. The molecule has 0 spiro atoms. The summed E-state index contributed by atoms with van der Waals surface area (Å²) in [6.45, 7) is 2.54. The van der Waals surface area contributed by atoms with Gasteiger partial charge in [-0.15, -0.1) is 0 Å². The van der Waals surface area contributed by atoms with Crippen LogP contribution in [0.2, 0.25) is 0 Å². The lowest BCUT2D eigenvalue weighted by molar-refractivity contribution is 0.0764. The Balaban J connectivity index is 1.47. The highest BCUT2D eigenvalue weighted by atomic mass is 32.2. The number of carbonyl (C=O) groups excluding carboxylic acids is 1. The summed E-state index contributed by atoms with van der Waals surface area (Å²) in [4.78, 5) is 15.0. The van der Waals surface area contributed by atoms with Gasteiger partial charge in [0, 0.05) is 55.5 Å². The highest BCUT2D eigenvalue weighted by Gasteiger charge is 2.30. The maximum Gasteiger partial charge on any atom is 0.274 e. The maximum absolute atomic E-state index is 13.0. The van der Waals surface area contributed by atoms with Crippen molar-refractivity contribution in [3.8, 4) is 0 Å². The summed E-state index contributed by atoms with van der Waals surface area (Å²) >= 11 is 1.92. The van der Waals surface area contributed by atoms with Crippen LogP contribution >= 0.6 is 11.8 Å². The van der Waals surface area contributed by atoms with E-state index in [0.717, 1.165) is 56.0 Å². The fraction of sp³-hybridized carbons (Fsp3) is 0.500. The molecule has 26 heavy (non-hydrogen) atoms. The first-order valence-corrected chi connectivity index (χ1v) is 10.6. The first-order chi connectivity index (χ1) is 12.7. The second-order valence-electron chi connectivity index (χ2n) is 7.11. The van der Waals surface area contributed by atoms with E-state index in [1.54, 1.807) is 0 Å². The third-order valence-electron chi connectivity index (χ3n) is 5.39. The number of nitrogens with one attached hydrogen (secondary N) is 1. The first-order valence-electron chi connectivity index (χ1n) is 9.41. The van der Waals surface area contributed by atoms with Crippen molar-refractivity contribution in [2.75, 3.05) is 24.6 Å². The van der Waals surface area contributed by atoms with Gasteiger partial charge in [0.2, 0.25) is 0 Å². The number of rotatable bonds is 4. The molecular formula is C20H26N4OS. The normalized spacial score (nSPS) is 20.0. The number of benzene rings is 1. The molecule has 4 rings (SSSR count). The number of thioether (sulfide) groups is 1. The molecule has 0 radical (unpaired) electrons. The highest BCUT2D eigenvalue weighted by molar-refractivity contribution is 7.99. The zero-order valence-corrected chi connectivity index (χ0v) is 16.1. The van der Waals surface area contributed by atoms with Crippen molar-refractivity contribution in [3.63, 3.8) is 0 Å². The summed E-state index contributed by atoms with van der Waals surface area (Å²) in [5.41, 5.74) is 4.37. The van der Waals surface area contributed by atoms with Gasteiger partial charge >= 0.3 is 0 Å². The fourth-order valence-electron chi connectivity index (χ4n) is 3.91. The van der Waals surface area contributed by atoms with E-state index in [1.807, 2.05) is 34.5 Å². The van der Waals surface area contributed by atoms with Crippen molar-refractivity contribution in [3.05, 3.63) is 52.8 Å². The van der Waals surface area contributed by atoms with Crippen molar-refractivity contribution >= 4 is 17.7 Å². The Kier molecular flexibility index (Phi) is 5.31. The minimum atomic E-state index is 0.117. The van der Waals surface area contributed by atoms with Crippen molar-refractivity contribution in [1.29, 1.82) is 0 Å². The second kappa shape index (κ2) is 7.84. The Morgan fingerprint density at radius 3 is 2.81 bits per heavy atom. The number of aryl methyl sites for hydroxylation is 1.